The lowest BCUT2D eigenvalue weighted by Gasteiger charge is -2.34. The minimum atomic E-state index is 0.0701. The molecule has 5 heteroatoms. The molecule has 2 amide bonds. The van der Waals surface area contributed by atoms with E-state index in [0.717, 1.165) is 58.3 Å². The quantitative estimate of drug-likeness (QED) is 0.734. The maximum atomic E-state index is 12.4. The third-order valence-electron chi connectivity index (χ3n) is 6.22. The molecule has 0 aromatic heterocycles. The molecule has 0 atom stereocenters. The van der Waals surface area contributed by atoms with Gasteiger partial charge in [-0.1, -0.05) is 30.3 Å². The van der Waals surface area contributed by atoms with Gasteiger partial charge in [-0.05, 0) is 67.3 Å². The zero-order valence-corrected chi connectivity index (χ0v) is 17.0. The standard InChI is InChI=1S/C24H31N3O2/c28-22-9-7-19(8-10-22)4-3-14-25-24(29)26-15-11-20(12-16-26)18-27-17-13-21-5-1-2-6-23(21)27/h1-2,5-10,20,28H,3-4,11-18H2,(H,25,29). The number of hydrogen-bond donors (Lipinski definition) is 2. The second-order valence-electron chi connectivity index (χ2n) is 8.26. The second-order valence-corrected chi connectivity index (χ2v) is 8.26. The minimum Gasteiger partial charge on any atom is -0.508 e. The first kappa shape index (κ1) is 19.6. The fraction of sp³-hybridized carbons (Fsp3) is 0.458. The molecule has 0 aliphatic carbocycles. The molecule has 2 aromatic rings. The summed E-state index contributed by atoms with van der Waals surface area (Å²) >= 11 is 0. The van der Waals surface area contributed by atoms with Crippen molar-refractivity contribution in [3.8, 4) is 5.75 Å². The van der Waals surface area contributed by atoms with E-state index in [1.165, 1.54) is 16.8 Å². The van der Waals surface area contributed by atoms with Crippen molar-refractivity contribution in [2.75, 3.05) is 37.6 Å². The van der Waals surface area contributed by atoms with Crippen LogP contribution in [0.3, 0.4) is 0 Å². The number of piperidine rings is 1. The molecule has 0 bridgehead atoms. The number of carbonyl (C=O) groups excluding carboxylic acids is 1. The Hall–Kier alpha value is -2.69. The zero-order chi connectivity index (χ0) is 20.1. The summed E-state index contributed by atoms with van der Waals surface area (Å²) in [4.78, 5) is 16.9. The number of nitrogens with zero attached hydrogens (tertiary/aromatic N) is 2. The monoisotopic (exact) mass is 393 g/mol. The van der Waals surface area contributed by atoms with Crippen molar-refractivity contribution in [1.29, 1.82) is 0 Å². The number of aryl methyl sites for hydroxylation is 1. The molecule has 2 heterocycles. The molecule has 154 valence electrons. The van der Waals surface area contributed by atoms with Gasteiger partial charge in [-0.2, -0.15) is 0 Å². The summed E-state index contributed by atoms with van der Waals surface area (Å²) in [5, 5.41) is 12.4. The number of phenols is 1. The van der Waals surface area contributed by atoms with Gasteiger partial charge in [0, 0.05) is 38.4 Å². The van der Waals surface area contributed by atoms with Gasteiger partial charge in [-0.25, -0.2) is 4.79 Å². The molecule has 29 heavy (non-hydrogen) atoms. The number of amides is 2. The smallest absolute Gasteiger partial charge is 0.317 e. The van der Waals surface area contributed by atoms with Crippen molar-refractivity contribution in [2.45, 2.75) is 32.1 Å². The number of carbonyl (C=O) groups is 1. The topological polar surface area (TPSA) is 55.8 Å². The molecular weight excluding hydrogens is 362 g/mol. The maximum absolute atomic E-state index is 12.4. The SMILES string of the molecule is O=C(NCCCc1ccc(O)cc1)N1CCC(CN2CCc3ccccc32)CC1. The summed E-state index contributed by atoms with van der Waals surface area (Å²) in [6, 6.07) is 16.1. The second kappa shape index (κ2) is 9.21. The van der Waals surface area contributed by atoms with Gasteiger partial charge in [0.15, 0.2) is 0 Å². The van der Waals surface area contributed by atoms with Crippen molar-refractivity contribution < 1.29 is 9.90 Å². The Balaban J connectivity index is 1.15. The van der Waals surface area contributed by atoms with Crippen molar-refractivity contribution in [1.82, 2.24) is 10.2 Å². The molecule has 2 N–H and O–H groups in total. The Labute approximate surface area is 173 Å². The Kier molecular flexibility index (Phi) is 6.23. The van der Waals surface area contributed by atoms with E-state index in [1.807, 2.05) is 17.0 Å². The molecular formula is C24H31N3O2. The van der Waals surface area contributed by atoms with Gasteiger partial charge < -0.3 is 20.2 Å². The first-order chi connectivity index (χ1) is 14.2. The van der Waals surface area contributed by atoms with Crippen LogP contribution in [0, 0.1) is 5.92 Å². The number of nitrogens with one attached hydrogen (secondary N) is 1. The number of aromatic hydroxyl groups is 1. The highest BCUT2D eigenvalue weighted by molar-refractivity contribution is 5.74. The van der Waals surface area contributed by atoms with Crippen LogP contribution < -0.4 is 10.2 Å². The van der Waals surface area contributed by atoms with E-state index in [1.54, 1.807) is 12.1 Å². The van der Waals surface area contributed by atoms with Gasteiger partial charge in [0.05, 0.1) is 0 Å². The number of phenolic OH excluding ortho intramolecular Hbond substituents is 1. The summed E-state index contributed by atoms with van der Waals surface area (Å²) in [6.45, 7) is 4.62. The Morgan fingerprint density at radius 3 is 2.59 bits per heavy atom. The lowest BCUT2D eigenvalue weighted by molar-refractivity contribution is 0.171. The van der Waals surface area contributed by atoms with E-state index in [2.05, 4.69) is 34.5 Å². The van der Waals surface area contributed by atoms with Gasteiger partial charge in [0.2, 0.25) is 0 Å². The Morgan fingerprint density at radius 1 is 1.03 bits per heavy atom. The van der Waals surface area contributed by atoms with Crippen molar-refractivity contribution in [2.24, 2.45) is 5.92 Å². The molecule has 0 spiro atoms. The number of hydrogen-bond acceptors (Lipinski definition) is 3. The largest absolute Gasteiger partial charge is 0.508 e. The normalized spacial score (nSPS) is 16.7. The fourth-order valence-corrected chi connectivity index (χ4v) is 4.49. The highest BCUT2D eigenvalue weighted by Crippen LogP contribution is 2.30. The van der Waals surface area contributed by atoms with Crippen LogP contribution in [-0.2, 0) is 12.8 Å². The molecule has 2 aliphatic rings. The summed E-state index contributed by atoms with van der Waals surface area (Å²) in [5.74, 6) is 0.957. The molecule has 2 aromatic carbocycles. The molecule has 0 unspecified atom stereocenters. The number of anilines is 1. The number of benzene rings is 2. The number of fused-ring (bicyclic) bond motifs is 1. The fourth-order valence-electron chi connectivity index (χ4n) is 4.49. The highest BCUT2D eigenvalue weighted by Gasteiger charge is 2.26. The molecule has 4 rings (SSSR count). The average Bonchev–Trinajstić information content (AvgIpc) is 3.16. The Bertz CT molecular complexity index is 813. The van der Waals surface area contributed by atoms with Gasteiger partial charge in [-0.15, -0.1) is 0 Å². The van der Waals surface area contributed by atoms with Gasteiger partial charge >= 0.3 is 6.03 Å². The van der Waals surface area contributed by atoms with Crippen molar-refractivity contribution in [3.05, 3.63) is 59.7 Å². The molecule has 1 saturated heterocycles. The van der Waals surface area contributed by atoms with Crippen molar-refractivity contribution >= 4 is 11.7 Å². The van der Waals surface area contributed by atoms with E-state index in [-0.39, 0.29) is 6.03 Å². The lowest BCUT2D eigenvalue weighted by Crippen LogP contribution is -2.46. The number of rotatable bonds is 6. The Morgan fingerprint density at radius 2 is 1.79 bits per heavy atom. The minimum absolute atomic E-state index is 0.0701. The van der Waals surface area contributed by atoms with Gasteiger partial charge in [0.1, 0.15) is 5.75 Å². The summed E-state index contributed by atoms with van der Waals surface area (Å²) in [7, 11) is 0. The van der Waals surface area contributed by atoms with Crippen LogP contribution in [0.1, 0.15) is 30.4 Å². The van der Waals surface area contributed by atoms with Crippen molar-refractivity contribution in [3.63, 3.8) is 0 Å². The van der Waals surface area contributed by atoms with E-state index in [9.17, 15) is 9.90 Å². The summed E-state index contributed by atoms with van der Waals surface area (Å²) in [5.41, 5.74) is 4.05. The first-order valence-electron chi connectivity index (χ1n) is 10.8. The summed E-state index contributed by atoms with van der Waals surface area (Å²) in [6.07, 6.45) is 5.13. The van der Waals surface area contributed by atoms with Crippen LogP contribution in [0.2, 0.25) is 0 Å². The number of likely N-dealkylation sites (tertiary alicyclic amines) is 1. The molecule has 5 nitrogen and oxygen atoms in total. The van der Waals surface area contributed by atoms with Crippen LogP contribution >= 0.6 is 0 Å². The van der Waals surface area contributed by atoms with Crippen LogP contribution in [0.5, 0.6) is 5.75 Å². The van der Waals surface area contributed by atoms with Crippen LogP contribution in [0.25, 0.3) is 0 Å². The molecule has 0 saturated carbocycles. The molecule has 2 aliphatic heterocycles. The predicted octanol–water partition coefficient (Wildman–Crippen LogP) is 3.81. The number of para-hydroxylation sites is 1. The van der Waals surface area contributed by atoms with Crippen LogP contribution in [0.15, 0.2) is 48.5 Å². The molecule has 0 radical (unpaired) electrons. The average molecular weight is 394 g/mol. The number of urea groups is 1. The van der Waals surface area contributed by atoms with E-state index in [0.29, 0.717) is 18.2 Å². The van der Waals surface area contributed by atoms with Crippen LogP contribution in [0.4, 0.5) is 10.5 Å². The third-order valence-corrected chi connectivity index (χ3v) is 6.22. The summed E-state index contributed by atoms with van der Waals surface area (Å²) < 4.78 is 0. The van der Waals surface area contributed by atoms with Gasteiger partial charge in [-0.3, -0.25) is 0 Å². The third kappa shape index (κ3) is 5.03. The first-order valence-corrected chi connectivity index (χ1v) is 10.8. The predicted molar refractivity (Wildman–Crippen MR) is 116 cm³/mol. The highest BCUT2D eigenvalue weighted by atomic mass is 16.3. The maximum Gasteiger partial charge on any atom is 0.317 e. The lowest BCUT2D eigenvalue weighted by atomic mass is 9.96. The van der Waals surface area contributed by atoms with E-state index < -0.39 is 0 Å². The zero-order valence-electron chi connectivity index (χ0n) is 17.0. The van der Waals surface area contributed by atoms with E-state index in [4.69, 9.17) is 0 Å². The molecule has 1 fully saturated rings. The van der Waals surface area contributed by atoms with E-state index >= 15 is 0 Å². The van der Waals surface area contributed by atoms with Gasteiger partial charge in [0.25, 0.3) is 0 Å². The van der Waals surface area contributed by atoms with Crippen LogP contribution in [-0.4, -0.2) is 48.8 Å².